The number of rotatable bonds is 4. The van der Waals surface area contributed by atoms with Gasteiger partial charge in [0.05, 0.1) is 17.4 Å². The molecular formula is C13H16N2O. The monoisotopic (exact) mass is 216 g/mol. The van der Waals surface area contributed by atoms with Crippen LogP contribution in [-0.4, -0.2) is 17.8 Å². The zero-order valence-corrected chi connectivity index (χ0v) is 9.40. The standard InChI is InChI=1S/C13H16N2O/c1-9-2-5-12(11(6-9)7-14)15-8-13(16)10-3-4-10/h2,5-6,10,13,15-16H,3-4,8H2,1H3. The van der Waals surface area contributed by atoms with Crippen LogP contribution in [0, 0.1) is 24.2 Å². The van der Waals surface area contributed by atoms with Gasteiger partial charge in [0.2, 0.25) is 0 Å². The molecule has 0 amide bonds. The summed E-state index contributed by atoms with van der Waals surface area (Å²) < 4.78 is 0. The van der Waals surface area contributed by atoms with Gasteiger partial charge < -0.3 is 10.4 Å². The molecule has 0 bridgehead atoms. The van der Waals surface area contributed by atoms with E-state index in [4.69, 9.17) is 5.26 Å². The Balaban J connectivity index is 2.00. The van der Waals surface area contributed by atoms with Crippen LogP contribution in [0.5, 0.6) is 0 Å². The maximum Gasteiger partial charge on any atom is 0.101 e. The molecule has 1 unspecified atom stereocenters. The summed E-state index contributed by atoms with van der Waals surface area (Å²) in [4.78, 5) is 0. The quantitative estimate of drug-likeness (QED) is 0.809. The molecule has 1 aromatic rings. The first-order valence-corrected chi connectivity index (χ1v) is 5.63. The molecule has 0 aliphatic heterocycles. The number of nitriles is 1. The molecular weight excluding hydrogens is 200 g/mol. The minimum Gasteiger partial charge on any atom is -0.391 e. The molecule has 1 aliphatic rings. The van der Waals surface area contributed by atoms with Crippen LogP contribution >= 0.6 is 0 Å². The number of nitrogens with one attached hydrogen (secondary N) is 1. The lowest BCUT2D eigenvalue weighted by Gasteiger charge is -2.13. The van der Waals surface area contributed by atoms with E-state index in [0.29, 0.717) is 18.0 Å². The molecule has 0 saturated heterocycles. The molecule has 1 aliphatic carbocycles. The maximum absolute atomic E-state index is 9.72. The van der Waals surface area contributed by atoms with Gasteiger partial charge >= 0.3 is 0 Å². The Labute approximate surface area is 95.7 Å². The number of hydrogen-bond acceptors (Lipinski definition) is 3. The minimum absolute atomic E-state index is 0.284. The Morgan fingerprint density at radius 3 is 2.94 bits per heavy atom. The summed E-state index contributed by atoms with van der Waals surface area (Å²) in [6.45, 7) is 2.49. The van der Waals surface area contributed by atoms with E-state index in [1.54, 1.807) is 0 Å². The Morgan fingerprint density at radius 1 is 1.56 bits per heavy atom. The predicted octanol–water partition coefficient (Wildman–Crippen LogP) is 2.05. The third-order valence-corrected chi connectivity index (χ3v) is 2.96. The summed E-state index contributed by atoms with van der Waals surface area (Å²) in [5.41, 5.74) is 2.53. The second-order valence-corrected chi connectivity index (χ2v) is 4.45. The summed E-state index contributed by atoms with van der Waals surface area (Å²) in [7, 11) is 0. The topological polar surface area (TPSA) is 56.0 Å². The molecule has 0 spiro atoms. The van der Waals surface area contributed by atoms with Gasteiger partial charge in [-0.05, 0) is 43.4 Å². The van der Waals surface area contributed by atoms with Gasteiger partial charge in [0.1, 0.15) is 6.07 Å². The molecule has 16 heavy (non-hydrogen) atoms. The molecule has 0 heterocycles. The van der Waals surface area contributed by atoms with E-state index in [0.717, 1.165) is 24.1 Å². The zero-order valence-electron chi connectivity index (χ0n) is 9.40. The smallest absolute Gasteiger partial charge is 0.101 e. The first-order chi connectivity index (χ1) is 7.70. The molecule has 0 radical (unpaired) electrons. The van der Waals surface area contributed by atoms with Crippen molar-refractivity contribution in [3.8, 4) is 6.07 Å². The summed E-state index contributed by atoms with van der Waals surface area (Å²) in [5.74, 6) is 0.462. The van der Waals surface area contributed by atoms with Crippen LogP contribution in [0.3, 0.4) is 0 Å². The van der Waals surface area contributed by atoms with Crippen LogP contribution in [0.4, 0.5) is 5.69 Å². The van der Waals surface area contributed by atoms with Crippen molar-refractivity contribution in [1.82, 2.24) is 0 Å². The number of hydrogen-bond donors (Lipinski definition) is 2. The minimum atomic E-state index is -0.284. The van der Waals surface area contributed by atoms with Gasteiger partial charge in [-0.1, -0.05) is 6.07 Å². The fourth-order valence-corrected chi connectivity index (χ4v) is 1.77. The first kappa shape index (κ1) is 11.0. The highest BCUT2D eigenvalue weighted by atomic mass is 16.3. The SMILES string of the molecule is Cc1ccc(NCC(O)C2CC2)c(C#N)c1. The highest BCUT2D eigenvalue weighted by molar-refractivity contribution is 5.58. The van der Waals surface area contributed by atoms with Crippen LogP contribution < -0.4 is 5.32 Å². The van der Waals surface area contributed by atoms with Crippen molar-refractivity contribution in [2.75, 3.05) is 11.9 Å². The largest absolute Gasteiger partial charge is 0.391 e. The number of aliphatic hydroxyl groups excluding tert-OH is 1. The van der Waals surface area contributed by atoms with Gasteiger partial charge in [0, 0.05) is 6.54 Å². The molecule has 2 rings (SSSR count). The fourth-order valence-electron chi connectivity index (χ4n) is 1.77. The van der Waals surface area contributed by atoms with Crippen LogP contribution in [0.25, 0.3) is 0 Å². The Bertz CT molecular complexity index is 418. The van der Waals surface area contributed by atoms with Crippen molar-refractivity contribution in [1.29, 1.82) is 5.26 Å². The van der Waals surface area contributed by atoms with Crippen LogP contribution in [0.1, 0.15) is 24.0 Å². The van der Waals surface area contributed by atoms with Gasteiger partial charge in [-0.3, -0.25) is 0 Å². The van der Waals surface area contributed by atoms with E-state index in [1.165, 1.54) is 0 Å². The molecule has 2 N–H and O–H groups in total. The molecule has 3 heteroatoms. The number of nitrogens with zero attached hydrogens (tertiary/aromatic N) is 1. The Kier molecular flexibility index (Phi) is 3.12. The lowest BCUT2D eigenvalue weighted by molar-refractivity contribution is 0.164. The fraction of sp³-hybridized carbons (Fsp3) is 0.462. The van der Waals surface area contributed by atoms with Gasteiger partial charge in [0.15, 0.2) is 0 Å². The number of aliphatic hydroxyl groups is 1. The molecule has 1 atom stereocenters. The highest BCUT2D eigenvalue weighted by Gasteiger charge is 2.29. The predicted molar refractivity (Wildman–Crippen MR) is 63.1 cm³/mol. The van der Waals surface area contributed by atoms with E-state index < -0.39 is 0 Å². The Hall–Kier alpha value is -1.53. The molecule has 0 aromatic heterocycles. The zero-order chi connectivity index (χ0) is 11.5. The van der Waals surface area contributed by atoms with Crippen LogP contribution in [-0.2, 0) is 0 Å². The molecule has 1 saturated carbocycles. The van der Waals surface area contributed by atoms with Gasteiger partial charge in [-0.25, -0.2) is 0 Å². The lowest BCUT2D eigenvalue weighted by atomic mass is 10.1. The van der Waals surface area contributed by atoms with E-state index in [-0.39, 0.29) is 6.10 Å². The molecule has 1 fully saturated rings. The van der Waals surface area contributed by atoms with E-state index in [2.05, 4.69) is 11.4 Å². The Morgan fingerprint density at radius 2 is 2.31 bits per heavy atom. The van der Waals surface area contributed by atoms with Crippen molar-refractivity contribution in [3.05, 3.63) is 29.3 Å². The van der Waals surface area contributed by atoms with Crippen molar-refractivity contribution in [2.24, 2.45) is 5.92 Å². The lowest BCUT2D eigenvalue weighted by Crippen LogP contribution is -2.21. The molecule has 1 aromatic carbocycles. The highest BCUT2D eigenvalue weighted by Crippen LogP contribution is 2.32. The third-order valence-electron chi connectivity index (χ3n) is 2.96. The average Bonchev–Trinajstić information content (AvgIpc) is 3.10. The summed E-state index contributed by atoms with van der Waals surface area (Å²) in [6.07, 6.45) is 1.97. The molecule has 3 nitrogen and oxygen atoms in total. The second-order valence-electron chi connectivity index (χ2n) is 4.45. The van der Waals surface area contributed by atoms with Gasteiger partial charge in [-0.2, -0.15) is 5.26 Å². The van der Waals surface area contributed by atoms with E-state index >= 15 is 0 Å². The second kappa shape index (κ2) is 4.54. The molecule has 84 valence electrons. The van der Waals surface area contributed by atoms with Gasteiger partial charge in [-0.15, -0.1) is 0 Å². The first-order valence-electron chi connectivity index (χ1n) is 5.63. The van der Waals surface area contributed by atoms with Crippen molar-refractivity contribution < 1.29 is 5.11 Å². The number of anilines is 1. The van der Waals surface area contributed by atoms with Crippen molar-refractivity contribution in [2.45, 2.75) is 25.9 Å². The maximum atomic E-state index is 9.72. The van der Waals surface area contributed by atoms with E-state index in [1.807, 2.05) is 25.1 Å². The normalized spacial score (nSPS) is 16.6. The third kappa shape index (κ3) is 2.53. The number of aryl methyl sites for hydroxylation is 1. The van der Waals surface area contributed by atoms with Crippen molar-refractivity contribution in [3.63, 3.8) is 0 Å². The van der Waals surface area contributed by atoms with Crippen LogP contribution in [0.15, 0.2) is 18.2 Å². The van der Waals surface area contributed by atoms with Gasteiger partial charge in [0.25, 0.3) is 0 Å². The van der Waals surface area contributed by atoms with E-state index in [9.17, 15) is 5.11 Å². The summed E-state index contributed by atoms with van der Waals surface area (Å²) in [5, 5.41) is 21.8. The summed E-state index contributed by atoms with van der Waals surface area (Å²) >= 11 is 0. The van der Waals surface area contributed by atoms with Crippen LogP contribution in [0.2, 0.25) is 0 Å². The van der Waals surface area contributed by atoms with Crippen molar-refractivity contribution >= 4 is 5.69 Å². The number of benzene rings is 1. The average molecular weight is 216 g/mol. The summed E-state index contributed by atoms with van der Waals surface area (Å²) in [6, 6.07) is 7.88.